The lowest BCUT2D eigenvalue weighted by Gasteiger charge is -2.38. The van der Waals surface area contributed by atoms with Gasteiger partial charge in [0.25, 0.3) is 0 Å². The number of aliphatic hydroxyl groups is 1. The first-order valence-corrected chi connectivity index (χ1v) is 8.32. The topological polar surface area (TPSA) is 23.5 Å². The second kappa shape index (κ2) is 6.93. The highest BCUT2D eigenvalue weighted by molar-refractivity contribution is 5.23. The minimum absolute atomic E-state index is 0.340. The van der Waals surface area contributed by atoms with E-state index in [-0.39, 0.29) is 6.10 Å². The van der Waals surface area contributed by atoms with Crippen LogP contribution in [0.3, 0.4) is 0 Å². The zero-order valence-electron chi connectivity index (χ0n) is 14.1. The van der Waals surface area contributed by atoms with E-state index in [2.05, 4.69) is 44.9 Å². The fourth-order valence-corrected chi connectivity index (χ4v) is 3.38. The van der Waals surface area contributed by atoms with E-state index in [1.54, 1.807) is 0 Å². The Morgan fingerprint density at radius 2 is 1.95 bits per heavy atom. The van der Waals surface area contributed by atoms with Crippen LogP contribution in [0.15, 0.2) is 24.3 Å². The van der Waals surface area contributed by atoms with Crippen molar-refractivity contribution >= 4 is 0 Å². The molecule has 2 heteroatoms. The van der Waals surface area contributed by atoms with Crippen LogP contribution in [0, 0.1) is 12.3 Å². The van der Waals surface area contributed by atoms with Gasteiger partial charge in [-0.15, -0.1) is 0 Å². The summed E-state index contributed by atoms with van der Waals surface area (Å²) in [6.45, 7) is 7.81. The molecule has 1 aliphatic rings. The molecule has 21 heavy (non-hydrogen) atoms. The van der Waals surface area contributed by atoms with Gasteiger partial charge in [0.2, 0.25) is 0 Å². The van der Waals surface area contributed by atoms with Crippen LogP contribution in [-0.2, 0) is 0 Å². The van der Waals surface area contributed by atoms with Crippen LogP contribution in [0.1, 0.15) is 63.2 Å². The van der Waals surface area contributed by atoms with Crippen molar-refractivity contribution in [2.45, 2.75) is 65.0 Å². The molecule has 0 aliphatic heterocycles. The summed E-state index contributed by atoms with van der Waals surface area (Å²) in [5.41, 5.74) is 2.79. The maximum Gasteiger partial charge on any atom is 0.0802 e. The lowest BCUT2D eigenvalue weighted by Crippen LogP contribution is -2.38. The first kappa shape index (κ1) is 16.5. The van der Waals surface area contributed by atoms with Gasteiger partial charge in [-0.05, 0) is 57.1 Å². The normalized spacial score (nSPS) is 20.7. The zero-order valence-corrected chi connectivity index (χ0v) is 14.1. The highest BCUT2D eigenvalue weighted by Gasteiger charge is 2.28. The van der Waals surface area contributed by atoms with Crippen molar-refractivity contribution in [1.82, 2.24) is 4.90 Å². The van der Waals surface area contributed by atoms with E-state index in [4.69, 9.17) is 0 Å². The largest absolute Gasteiger partial charge is 0.388 e. The molecule has 0 heterocycles. The van der Waals surface area contributed by atoms with Gasteiger partial charge in [0, 0.05) is 12.6 Å². The van der Waals surface area contributed by atoms with Crippen molar-refractivity contribution in [2.24, 2.45) is 5.41 Å². The molecular formula is C19H31NO. The van der Waals surface area contributed by atoms with Crippen LogP contribution < -0.4 is 0 Å². The molecule has 1 unspecified atom stereocenters. The van der Waals surface area contributed by atoms with E-state index in [9.17, 15) is 5.11 Å². The van der Waals surface area contributed by atoms with E-state index >= 15 is 0 Å². The van der Waals surface area contributed by atoms with Crippen molar-refractivity contribution in [3.63, 3.8) is 0 Å². The lowest BCUT2D eigenvalue weighted by atomic mass is 9.75. The van der Waals surface area contributed by atoms with Crippen LogP contribution in [0.5, 0.6) is 0 Å². The zero-order chi connectivity index (χ0) is 15.5. The molecule has 118 valence electrons. The van der Waals surface area contributed by atoms with Gasteiger partial charge in [-0.3, -0.25) is 0 Å². The molecule has 0 spiro atoms. The van der Waals surface area contributed by atoms with Crippen molar-refractivity contribution in [3.05, 3.63) is 35.4 Å². The van der Waals surface area contributed by atoms with Gasteiger partial charge in [0.1, 0.15) is 0 Å². The Labute approximate surface area is 130 Å². The molecule has 1 fully saturated rings. The fraction of sp³-hybridized carbons (Fsp3) is 0.684. The molecule has 1 N–H and O–H groups in total. The highest BCUT2D eigenvalue weighted by atomic mass is 16.3. The second-order valence-electron chi connectivity index (χ2n) is 7.59. The minimum atomic E-state index is -0.340. The summed E-state index contributed by atoms with van der Waals surface area (Å²) in [6.07, 6.45) is 5.71. The average molecular weight is 289 g/mol. The third-order valence-electron chi connectivity index (χ3n) is 5.11. The van der Waals surface area contributed by atoms with Crippen LogP contribution in [0.2, 0.25) is 0 Å². The van der Waals surface area contributed by atoms with Crippen molar-refractivity contribution in [2.75, 3.05) is 13.6 Å². The Bertz CT molecular complexity index is 445. The number of hydrogen-bond donors (Lipinski definition) is 1. The van der Waals surface area contributed by atoms with Gasteiger partial charge in [-0.2, -0.15) is 0 Å². The quantitative estimate of drug-likeness (QED) is 0.872. The van der Waals surface area contributed by atoms with Crippen LogP contribution in [0.25, 0.3) is 0 Å². The lowest BCUT2D eigenvalue weighted by molar-refractivity contribution is 0.101. The molecule has 0 bridgehead atoms. The van der Waals surface area contributed by atoms with Gasteiger partial charge < -0.3 is 10.0 Å². The van der Waals surface area contributed by atoms with Gasteiger partial charge in [-0.1, -0.05) is 43.7 Å². The molecule has 0 saturated heterocycles. The van der Waals surface area contributed by atoms with Gasteiger partial charge in [0.15, 0.2) is 0 Å². The second-order valence-corrected chi connectivity index (χ2v) is 7.59. The average Bonchev–Trinajstić information content (AvgIpc) is 2.44. The molecule has 1 aliphatic carbocycles. The smallest absolute Gasteiger partial charge is 0.0802 e. The fourth-order valence-electron chi connectivity index (χ4n) is 3.38. The molecule has 1 saturated carbocycles. The molecule has 0 amide bonds. The molecular weight excluding hydrogens is 258 g/mol. The minimum Gasteiger partial charge on any atom is -0.388 e. The Morgan fingerprint density at radius 3 is 2.57 bits per heavy atom. The van der Waals surface area contributed by atoms with Crippen molar-refractivity contribution in [3.8, 4) is 0 Å². The van der Waals surface area contributed by atoms with E-state index in [0.29, 0.717) is 11.5 Å². The van der Waals surface area contributed by atoms with Crippen molar-refractivity contribution < 1.29 is 5.11 Å². The predicted octanol–water partition coefficient (Wildman–Crippen LogP) is 4.32. The Hall–Kier alpha value is -0.860. The maximum absolute atomic E-state index is 10.3. The predicted molar refractivity (Wildman–Crippen MR) is 89.4 cm³/mol. The summed E-state index contributed by atoms with van der Waals surface area (Å²) in [5.74, 6) is 0. The van der Waals surface area contributed by atoms with Crippen LogP contribution >= 0.6 is 0 Å². The van der Waals surface area contributed by atoms with Crippen molar-refractivity contribution in [1.29, 1.82) is 0 Å². The molecule has 2 nitrogen and oxygen atoms in total. The summed E-state index contributed by atoms with van der Waals surface area (Å²) in [4.78, 5) is 2.45. The number of aliphatic hydroxyl groups excluding tert-OH is 1. The Morgan fingerprint density at radius 1 is 1.29 bits per heavy atom. The first-order valence-electron chi connectivity index (χ1n) is 8.32. The van der Waals surface area contributed by atoms with E-state index in [1.807, 2.05) is 12.1 Å². The van der Waals surface area contributed by atoms with E-state index in [0.717, 1.165) is 18.5 Å². The number of nitrogens with zero attached hydrogens (tertiary/aromatic N) is 1. The van der Waals surface area contributed by atoms with Gasteiger partial charge in [0.05, 0.1) is 6.10 Å². The van der Waals surface area contributed by atoms with E-state index < -0.39 is 0 Å². The number of rotatable bonds is 5. The van der Waals surface area contributed by atoms with Gasteiger partial charge >= 0.3 is 0 Å². The molecule has 2 rings (SSSR count). The standard InChI is InChI=1S/C19H31NO/c1-15-6-5-7-16(14-15)18(21)10-13-20(4)17-8-11-19(2,3)12-9-17/h5-7,14,17-18,21H,8-13H2,1-4H3. The summed E-state index contributed by atoms with van der Waals surface area (Å²) < 4.78 is 0. The monoisotopic (exact) mass is 289 g/mol. The summed E-state index contributed by atoms with van der Waals surface area (Å²) in [5, 5.41) is 10.3. The summed E-state index contributed by atoms with van der Waals surface area (Å²) in [7, 11) is 2.21. The Balaban J connectivity index is 1.80. The molecule has 1 aromatic rings. The Kier molecular flexibility index (Phi) is 5.45. The summed E-state index contributed by atoms with van der Waals surface area (Å²) >= 11 is 0. The molecule has 0 radical (unpaired) electrons. The SMILES string of the molecule is Cc1cccc(C(O)CCN(C)C2CCC(C)(C)CC2)c1. The molecule has 0 aromatic heterocycles. The maximum atomic E-state index is 10.3. The third-order valence-corrected chi connectivity index (χ3v) is 5.11. The van der Waals surface area contributed by atoms with Crippen LogP contribution in [-0.4, -0.2) is 29.6 Å². The third kappa shape index (κ3) is 4.82. The van der Waals surface area contributed by atoms with Gasteiger partial charge in [-0.25, -0.2) is 0 Å². The molecule has 1 aromatic carbocycles. The highest BCUT2D eigenvalue weighted by Crippen LogP contribution is 2.36. The van der Waals surface area contributed by atoms with E-state index in [1.165, 1.54) is 31.2 Å². The molecule has 1 atom stereocenters. The number of aryl methyl sites for hydroxylation is 1. The number of benzene rings is 1. The summed E-state index contributed by atoms with van der Waals surface area (Å²) in [6, 6.07) is 8.92. The van der Waals surface area contributed by atoms with Crippen LogP contribution in [0.4, 0.5) is 0 Å². The first-order chi connectivity index (χ1) is 9.87. The number of hydrogen-bond acceptors (Lipinski definition) is 2.